The highest BCUT2D eigenvalue weighted by molar-refractivity contribution is 8.00. The molecule has 0 heterocycles. The van der Waals surface area contributed by atoms with E-state index in [0.29, 0.717) is 11.3 Å². The minimum Gasteiger partial charge on any atom is -0.468 e. The number of para-hydroxylation sites is 1. The maximum atomic E-state index is 11.6. The fourth-order valence-electron chi connectivity index (χ4n) is 1.16. The van der Waals surface area contributed by atoms with Crippen LogP contribution in [0.3, 0.4) is 0 Å². The molecule has 0 aromatic heterocycles. The Morgan fingerprint density at radius 1 is 1.39 bits per heavy atom. The maximum Gasteiger partial charge on any atom is 0.315 e. The number of esters is 1. The summed E-state index contributed by atoms with van der Waals surface area (Å²) in [5.74, 6) is -0.365. The second-order valence-electron chi connectivity index (χ2n) is 3.27. The van der Waals surface area contributed by atoms with Gasteiger partial charge in [-0.1, -0.05) is 12.1 Å². The molecule has 1 N–H and O–H groups in total. The monoisotopic (exact) mass is 264 g/mol. The Morgan fingerprint density at radius 3 is 2.78 bits per heavy atom. The third-order valence-corrected chi connectivity index (χ3v) is 2.91. The largest absolute Gasteiger partial charge is 0.468 e. The molecule has 6 heteroatoms. The van der Waals surface area contributed by atoms with Crippen LogP contribution in [0.2, 0.25) is 0 Å². The van der Waals surface area contributed by atoms with Gasteiger partial charge in [0.1, 0.15) is 6.07 Å². The normalized spacial score (nSPS) is 9.33. The smallest absolute Gasteiger partial charge is 0.315 e. The van der Waals surface area contributed by atoms with E-state index in [4.69, 9.17) is 5.26 Å². The zero-order chi connectivity index (χ0) is 13.4. The fraction of sp³-hybridized carbons (Fsp3) is 0.250. The first kappa shape index (κ1) is 14.1. The molecule has 1 aromatic carbocycles. The van der Waals surface area contributed by atoms with E-state index in [0.717, 1.165) is 11.8 Å². The van der Waals surface area contributed by atoms with E-state index in [1.54, 1.807) is 24.3 Å². The van der Waals surface area contributed by atoms with Crippen molar-refractivity contribution in [3.63, 3.8) is 0 Å². The third kappa shape index (κ3) is 4.47. The number of carbonyl (C=O) groups excluding carboxylic acids is 2. The predicted octanol–water partition coefficient (Wildman–Crippen LogP) is 1.40. The molecule has 0 aliphatic rings. The highest BCUT2D eigenvalue weighted by atomic mass is 32.2. The third-order valence-electron chi connectivity index (χ3n) is 2.00. The lowest BCUT2D eigenvalue weighted by molar-refractivity contribution is -0.137. The summed E-state index contributed by atoms with van der Waals surface area (Å²) >= 11 is 1.16. The van der Waals surface area contributed by atoms with Crippen LogP contribution in [0.15, 0.2) is 24.3 Å². The molecular weight excluding hydrogens is 252 g/mol. The Hall–Kier alpha value is -2.00. The van der Waals surface area contributed by atoms with Crippen LogP contribution in [0.4, 0.5) is 5.69 Å². The lowest BCUT2D eigenvalue weighted by Gasteiger charge is -2.06. The summed E-state index contributed by atoms with van der Waals surface area (Å²) in [6.07, 6.45) is 0. The van der Waals surface area contributed by atoms with Crippen molar-refractivity contribution in [1.29, 1.82) is 5.26 Å². The van der Waals surface area contributed by atoms with Crippen LogP contribution in [-0.4, -0.2) is 30.5 Å². The summed E-state index contributed by atoms with van der Waals surface area (Å²) in [5, 5.41) is 11.5. The number of hydrogen-bond donors (Lipinski definition) is 1. The molecule has 0 radical (unpaired) electrons. The van der Waals surface area contributed by atoms with Crippen molar-refractivity contribution in [3.8, 4) is 6.07 Å². The van der Waals surface area contributed by atoms with E-state index < -0.39 is 0 Å². The Bertz CT molecular complexity index is 482. The molecule has 0 bridgehead atoms. The van der Waals surface area contributed by atoms with Crippen molar-refractivity contribution in [2.45, 2.75) is 0 Å². The van der Waals surface area contributed by atoms with E-state index in [-0.39, 0.29) is 23.4 Å². The number of ether oxygens (including phenoxy) is 1. The second-order valence-corrected chi connectivity index (χ2v) is 4.26. The Morgan fingerprint density at radius 2 is 2.11 bits per heavy atom. The topological polar surface area (TPSA) is 79.2 Å². The van der Waals surface area contributed by atoms with Gasteiger partial charge >= 0.3 is 5.97 Å². The van der Waals surface area contributed by atoms with Crippen LogP contribution in [0.25, 0.3) is 0 Å². The van der Waals surface area contributed by atoms with Gasteiger partial charge in [-0.15, -0.1) is 11.8 Å². The summed E-state index contributed by atoms with van der Waals surface area (Å²) in [4.78, 5) is 22.4. The zero-order valence-electron chi connectivity index (χ0n) is 9.80. The van der Waals surface area contributed by atoms with Gasteiger partial charge in [0.15, 0.2) is 0 Å². The average molecular weight is 264 g/mol. The van der Waals surface area contributed by atoms with Gasteiger partial charge in [0.25, 0.3) is 0 Å². The SMILES string of the molecule is COC(=O)CSCC(=O)Nc1ccccc1C#N. The predicted molar refractivity (Wildman–Crippen MR) is 69.1 cm³/mol. The van der Waals surface area contributed by atoms with E-state index in [1.807, 2.05) is 6.07 Å². The molecule has 0 aliphatic carbocycles. The van der Waals surface area contributed by atoms with Gasteiger partial charge < -0.3 is 10.1 Å². The van der Waals surface area contributed by atoms with Crippen LogP contribution < -0.4 is 5.32 Å². The lowest BCUT2D eigenvalue weighted by atomic mass is 10.2. The number of methoxy groups -OCH3 is 1. The van der Waals surface area contributed by atoms with Crippen molar-refractivity contribution in [3.05, 3.63) is 29.8 Å². The van der Waals surface area contributed by atoms with Crippen molar-refractivity contribution < 1.29 is 14.3 Å². The summed E-state index contributed by atoms with van der Waals surface area (Å²) in [7, 11) is 1.30. The minimum absolute atomic E-state index is 0.129. The molecule has 0 saturated heterocycles. The van der Waals surface area contributed by atoms with Gasteiger partial charge in [0.2, 0.25) is 5.91 Å². The molecule has 0 aliphatic heterocycles. The molecular formula is C12H12N2O3S. The number of amides is 1. The van der Waals surface area contributed by atoms with Crippen LogP contribution in [0.5, 0.6) is 0 Å². The van der Waals surface area contributed by atoms with Gasteiger partial charge in [0.05, 0.1) is 29.9 Å². The van der Waals surface area contributed by atoms with Gasteiger partial charge in [-0.05, 0) is 12.1 Å². The van der Waals surface area contributed by atoms with Crippen molar-refractivity contribution >= 4 is 29.3 Å². The number of carbonyl (C=O) groups is 2. The first-order valence-corrected chi connectivity index (χ1v) is 6.26. The average Bonchev–Trinajstić information content (AvgIpc) is 2.39. The number of nitrogens with zero attached hydrogens (tertiary/aromatic N) is 1. The van der Waals surface area contributed by atoms with E-state index >= 15 is 0 Å². The number of anilines is 1. The number of thioether (sulfide) groups is 1. The standard InChI is InChI=1S/C12H12N2O3S/c1-17-12(16)8-18-7-11(15)14-10-5-3-2-4-9(10)6-13/h2-5H,7-8H2,1H3,(H,14,15). The molecule has 5 nitrogen and oxygen atoms in total. The number of rotatable bonds is 5. The maximum absolute atomic E-state index is 11.6. The van der Waals surface area contributed by atoms with E-state index in [9.17, 15) is 9.59 Å². The Balaban J connectivity index is 2.45. The molecule has 0 spiro atoms. The first-order chi connectivity index (χ1) is 8.67. The lowest BCUT2D eigenvalue weighted by Crippen LogP contribution is -2.16. The summed E-state index contributed by atoms with van der Waals surface area (Å²) in [6, 6.07) is 8.72. The quantitative estimate of drug-likeness (QED) is 0.813. The second kappa shape index (κ2) is 7.35. The molecule has 1 aromatic rings. The zero-order valence-corrected chi connectivity index (χ0v) is 10.6. The number of hydrogen-bond acceptors (Lipinski definition) is 5. The highest BCUT2D eigenvalue weighted by Crippen LogP contribution is 2.14. The molecule has 94 valence electrons. The van der Waals surface area contributed by atoms with E-state index in [1.165, 1.54) is 7.11 Å². The molecule has 1 amide bonds. The molecule has 0 atom stereocenters. The highest BCUT2D eigenvalue weighted by Gasteiger charge is 2.07. The van der Waals surface area contributed by atoms with Crippen LogP contribution in [-0.2, 0) is 14.3 Å². The van der Waals surface area contributed by atoms with Crippen molar-refractivity contribution in [2.24, 2.45) is 0 Å². The van der Waals surface area contributed by atoms with E-state index in [2.05, 4.69) is 10.1 Å². The molecule has 18 heavy (non-hydrogen) atoms. The summed E-state index contributed by atoms with van der Waals surface area (Å²) in [5.41, 5.74) is 0.882. The number of benzene rings is 1. The van der Waals surface area contributed by atoms with Crippen molar-refractivity contribution in [1.82, 2.24) is 0 Å². The molecule has 0 fully saturated rings. The van der Waals surface area contributed by atoms with Crippen LogP contribution in [0, 0.1) is 11.3 Å². The van der Waals surface area contributed by atoms with Gasteiger partial charge in [-0.3, -0.25) is 9.59 Å². The van der Waals surface area contributed by atoms with Crippen LogP contribution >= 0.6 is 11.8 Å². The molecule has 1 rings (SSSR count). The molecule has 0 saturated carbocycles. The minimum atomic E-state index is -0.370. The van der Waals surface area contributed by atoms with Crippen LogP contribution in [0.1, 0.15) is 5.56 Å². The Kier molecular flexibility index (Phi) is 5.74. The van der Waals surface area contributed by atoms with Crippen molar-refractivity contribution in [2.75, 3.05) is 23.9 Å². The summed E-state index contributed by atoms with van der Waals surface area (Å²) in [6.45, 7) is 0. The number of nitrogens with one attached hydrogen (secondary N) is 1. The fourth-order valence-corrected chi connectivity index (χ4v) is 1.81. The Labute approximate surface area is 109 Å². The van der Waals surface area contributed by atoms with Gasteiger partial charge in [-0.25, -0.2) is 0 Å². The summed E-state index contributed by atoms with van der Waals surface area (Å²) < 4.78 is 4.45. The number of nitriles is 1. The first-order valence-electron chi connectivity index (χ1n) is 5.11. The van der Waals surface area contributed by atoms with Gasteiger partial charge in [0, 0.05) is 0 Å². The molecule has 0 unspecified atom stereocenters. The van der Waals surface area contributed by atoms with Gasteiger partial charge in [-0.2, -0.15) is 5.26 Å².